The Morgan fingerprint density at radius 3 is 2.53 bits per heavy atom. The molecule has 1 fully saturated rings. The summed E-state index contributed by atoms with van der Waals surface area (Å²) < 4.78 is 27.6. The lowest BCUT2D eigenvalue weighted by Gasteiger charge is -2.13. The second-order valence-electron chi connectivity index (χ2n) is 7.63. The van der Waals surface area contributed by atoms with Crippen LogP contribution in [0.2, 0.25) is 0 Å². The first-order valence-electron chi connectivity index (χ1n) is 9.81. The zero-order chi connectivity index (χ0) is 21.3. The van der Waals surface area contributed by atoms with Crippen LogP contribution in [0.25, 0.3) is 5.69 Å². The second-order valence-corrected chi connectivity index (χ2v) is 9.38. The van der Waals surface area contributed by atoms with Crippen LogP contribution in [0.1, 0.15) is 45.9 Å². The maximum atomic E-state index is 13.0. The largest absolute Gasteiger partial charge is 0.348 e. The zero-order valence-corrected chi connectivity index (χ0v) is 17.7. The van der Waals surface area contributed by atoms with Crippen molar-refractivity contribution in [2.24, 2.45) is 0 Å². The van der Waals surface area contributed by atoms with Crippen molar-refractivity contribution >= 4 is 21.6 Å². The Morgan fingerprint density at radius 1 is 1.13 bits per heavy atom. The van der Waals surface area contributed by atoms with E-state index in [0.29, 0.717) is 22.7 Å². The SMILES string of the molecule is Cc1ccccc1-n1ncc(C(=O)NCc2ccccc2NS(C)(=O)=O)c1C1CC1. The standard InChI is InChI=1S/C22H24N4O3S/c1-15-7-3-6-10-20(15)26-21(16-11-12-16)18(14-24-26)22(27)23-13-17-8-4-5-9-19(17)25-30(2,28)29/h3-10,14,16,25H,11-13H2,1-2H3,(H,23,27). The molecule has 7 nitrogen and oxygen atoms in total. The summed E-state index contributed by atoms with van der Waals surface area (Å²) in [5.74, 6) is 0.109. The fraction of sp³-hybridized carbons (Fsp3) is 0.273. The fourth-order valence-corrected chi connectivity index (χ4v) is 4.12. The lowest BCUT2D eigenvalue weighted by Crippen LogP contribution is -2.24. The van der Waals surface area contributed by atoms with E-state index < -0.39 is 10.0 Å². The molecule has 0 aliphatic heterocycles. The van der Waals surface area contributed by atoms with Crippen LogP contribution >= 0.6 is 0 Å². The van der Waals surface area contributed by atoms with Crippen LogP contribution in [0.4, 0.5) is 5.69 Å². The monoisotopic (exact) mass is 424 g/mol. The molecule has 1 saturated carbocycles. The average Bonchev–Trinajstić information content (AvgIpc) is 3.44. The summed E-state index contributed by atoms with van der Waals surface area (Å²) in [6.45, 7) is 2.23. The minimum Gasteiger partial charge on any atom is -0.348 e. The Bertz CT molecular complexity index is 1200. The van der Waals surface area contributed by atoms with E-state index >= 15 is 0 Å². The Morgan fingerprint density at radius 2 is 1.83 bits per heavy atom. The lowest BCUT2D eigenvalue weighted by atomic mass is 10.1. The molecule has 0 radical (unpaired) electrons. The molecule has 1 heterocycles. The van der Waals surface area contributed by atoms with Crippen molar-refractivity contribution in [3.8, 4) is 5.69 Å². The molecular formula is C22H24N4O3S. The normalized spacial score (nSPS) is 13.8. The minimum atomic E-state index is -3.41. The molecule has 4 rings (SSSR count). The van der Waals surface area contributed by atoms with Gasteiger partial charge in [0.15, 0.2) is 0 Å². The van der Waals surface area contributed by atoms with Crippen molar-refractivity contribution in [3.63, 3.8) is 0 Å². The molecule has 1 aliphatic rings. The van der Waals surface area contributed by atoms with Crippen molar-refractivity contribution in [1.82, 2.24) is 15.1 Å². The van der Waals surface area contributed by atoms with E-state index in [4.69, 9.17) is 0 Å². The predicted molar refractivity (Wildman–Crippen MR) is 116 cm³/mol. The molecule has 0 unspecified atom stereocenters. The smallest absolute Gasteiger partial charge is 0.255 e. The Balaban J connectivity index is 1.58. The molecule has 30 heavy (non-hydrogen) atoms. The molecule has 0 saturated heterocycles. The number of sulfonamides is 1. The summed E-state index contributed by atoms with van der Waals surface area (Å²) in [5, 5.41) is 7.43. The van der Waals surface area contributed by atoms with Gasteiger partial charge in [0.25, 0.3) is 5.91 Å². The highest BCUT2D eigenvalue weighted by atomic mass is 32.2. The van der Waals surface area contributed by atoms with Gasteiger partial charge in [-0.2, -0.15) is 5.10 Å². The Labute approximate surface area is 176 Å². The summed E-state index contributed by atoms with van der Waals surface area (Å²) in [6.07, 6.45) is 4.80. The summed E-state index contributed by atoms with van der Waals surface area (Å²) in [6, 6.07) is 15.0. The van der Waals surface area contributed by atoms with Gasteiger partial charge < -0.3 is 5.32 Å². The van der Waals surface area contributed by atoms with Crippen LogP contribution in [0.15, 0.2) is 54.7 Å². The number of nitrogens with one attached hydrogen (secondary N) is 2. The van der Waals surface area contributed by atoms with E-state index in [2.05, 4.69) is 15.1 Å². The molecule has 0 spiro atoms. The van der Waals surface area contributed by atoms with Gasteiger partial charge in [-0.25, -0.2) is 13.1 Å². The highest BCUT2D eigenvalue weighted by molar-refractivity contribution is 7.92. The first-order chi connectivity index (χ1) is 14.3. The Kier molecular flexibility index (Phi) is 5.34. The maximum absolute atomic E-state index is 13.0. The zero-order valence-electron chi connectivity index (χ0n) is 16.9. The molecule has 0 atom stereocenters. The number of amides is 1. The minimum absolute atomic E-state index is 0.206. The molecule has 2 aromatic carbocycles. The van der Waals surface area contributed by atoms with Crippen LogP contribution in [-0.2, 0) is 16.6 Å². The van der Waals surface area contributed by atoms with Crippen LogP contribution < -0.4 is 10.0 Å². The van der Waals surface area contributed by atoms with Gasteiger partial charge in [0.1, 0.15) is 0 Å². The van der Waals surface area contributed by atoms with Crippen LogP contribution in [-0.4, -0.2) is 30.4 Å². The van der Waals surface area contributed by atoms with E-state index in [1.165, 1.54) is 0 Å². The third-order valence-corrected chi connectivity index (χ3v) is 5.70. The van der Waals surface area contributed by atoms with Gasteiger partial charge in [0.05, 0.1) is 35.1 Å². The van der Waals surface area contributed by atoms with Gasteiger partial charge >= 0.3 is 0 Å². The number of rotatable bonds is 7. The summed E-state index contributed by atoms with van der Waals surface area (Å²) >= 11 is 0. The predicted octanol–water partition coefficient (Wildman–Crippen LogP) is 3.36. The van der Waals surface area contributed by atoms with Gasteiger partial charge in [-0.3, -0.25) is 9.52 Å². The number of benzene rings is 2. The van der Waals surface area contributed by atoms with E-state index in [1.807, 2.05) is 35.9 Å². The third kappa shape index (κ3) is 4.38. The first-order valence-corrected chi connectivity index (χ1v) is 11.7. The topological polar surface area (TPSA) is 93.1 Å². The number of para-hydroxylation sites is 2. The fourth-order valence-electron chi connectivity index (χ4n) is 3.52. The van der Waals surface area contributed by atoms with Crippen molar-refractivity contribution in [3.05, 3.63) is 77.1 Å². The molecule has 8 heteroatoms. The number of carbonyl (C=O) groups is 1. The average molecular weight is 425 g/mol. The summed E-state index contributed by atoms with van der Waals surface area (Å²) in [7, 11) is -3.41. The van der Waals surface area contributed by atoms with E-state index in [0.717, 1.165) is 36.0 Å². The number of hydrogen-bond donors (Lipinski definition) is 2. The van der Waals surface area contributed by atoms with E-state index in [9.17, 15) is 13.2 Å². The quantitative estimate of drug-likeness (QED) is 0.608. The van der Waals surface area contributed by atoms with Gasteiger partial charge in [-0.1, -0.05) is 36.4 Å². The molecule has 1 amide bonds. The van der Waals surface area contributed by atoms with Gasteiger partial charge in [-0.05, 0) is 43.0 Å². The number of aryl methyl sites for hydroxylation is 1. The highest BCUT2D eigenvalue weighted by Gasteiger charge is 2.33. The van der Waals surface area contributed by atoms with Crippen molar-refractivity contribution < 1.29 is 13.2 Å². The summed E-state index contributed by atoms with van der Waals surface area (Å²) in [5.41, 5.74) is 4.71. The highest BCUT2D eigenvalue weighted by Crippen LogP contribution is 2.42. The van der Waals surface area contributed by atoms with E-state index in [-0.39, 0.29) is 12.5 Å². The molecular weight excluding hydrogens is 400 g/mol. The summed E-state index contributed by atoms with van der Waals surface area (Å²) in [4.78, 5) is 13.0. The molecule has 3 aromatic rings. The number of aromatic nitrogens is 2. The molecule has 2 N–H and O–H groups in total. The van der Waals surface area contributed by atoms with E-state index in [1.54, 1.807) is 30.5 Å². The lowest BCUT2D eigenvalue weighted by molar-refractivity contribution is 0.0950. The second kappa shape index (κ2) is 7.95. The molecule has 1 aliphatic carbocycles. The third-order valence-electron chi connectivity index (χ3n) is 5.11. The van der Waals surface area contributed by atoms with Crippen LogP contribution in [0.3, 0.4) is 0 Å². The number of hydrogen-bond acceptors (Lipinski definition) is 4. The molecule has 156 valence electrons. The Hall–Kier alpha value is -3.13. The van der Waals surface area contributed by atoms with Crippen molar-refractivity contribution in [2.75, 3.05) is 11.0 Å². The first kappa shape index (κ1) is 20.2. The maximum Gasteiger partial charge on any atom is 0.255 e. The van der Waals surface area contributed by atoms with Gasteiger partial charge in [0, 0.05) is 12.5 Å². The van der Waals surface area contributed by atoms with Crippen molar-refractivity contribution in [2.45, 2.75) is 32.2 Å². The number of nitrogens with zero attached hydrogens (tertiary/aromatic N) is 2. The van der Waals surface area contributed by atoms with Gasteiger partial charge in [-0.15, -0.1) is 0 Å². The number of carbonyl (C=O) groups excluding carboxylic acids is 1. The molecule has 0 bridgehead atoms. The van der Waals surface area contributed by atoms with Crippen molar-refractivity contribution in [1.29, 1.82) is 0 Å². The van der Waals surface area contributed by atoms with Gasteiger partial charge in [0.2, 0.25) is 10.0 Å². The van der Waals surface area contributed by atoms with Crippen LogP contribution in [0.5, 0.6) is 0 Å². The molecule has 1 aromatic heterocycles. The van der Waals surface area contributed by atoms with Crippen LogP contribution in [0, 0.1) is 6.92 Å². The number of anilines is 1.